The zero-order chi connectivity index (χ0) is 17.3. The molecule has 1 heterocycles. The van der Waals surface area contributed by atoms with Crippen molar-refractivity contribution in [2.24, 2.45) is 0 Å². The van der Waals surface area contributed by atoms with Crippen LogP contribution in [-0.4, -0.2) is 4.98 Å². The summed E-state index contributed by atoms with van der Waals surface area (Å²) >= 11 is 0. The summed E-state index contributed by atoms with van der Waals surface area (Å²) in [7, 11) is 0. The van der Waals surface area contributed by atoms with Gasteiger partial charge in [-0.05, 0) is 51.2 Å². The van der Waals surface area contributed by atoms with Crippen LogP contribution in [0.2, 0.25) is 0 Å². The monoisotopic (exact) mass is 331 g/mol. The number of benzene rings is 4. The van der Waals surface area contributed by atoms with Crippen LogP contribution in [-0.2, 0) is 6.42 Å². The number of hydrogen-bond acceptors (Lipinski definition) is 1. The first-order valence-electron chi connectivity index (χ1n) is 9.13. The van der Waals surface area contributed by atoms with E-state index in [4.69, 9.17) is 4.98 Å². The van der Waals surface area contributed by atoms with Gasteiger partial charge in [-0.2, -0.15) is 0 Å². The molecule has 0 radical (unpaired) electrons. The van der Waals surface area contributed by atoms with Gasteiger partial charge >= 0.3 is 0 Å². The topological polar surface area (TPSA) is 12.9 Å². The Balaban J connectivity index is 1.71. The molecule has 0 fully saturated rings. The predicted molar refractivity (Wildman–Crippen MR) is 110 cm³/mol. The number of para-hydroxylation sites is 1. The molecule has 4 aromatic carbocycles. The lowest BCUT2D eigenvalue weighted by Gasteiger charge is -2.09. The lowest BCUT2D eigenvalue weighted by Crippen LogP contribution is -1.92. The fourth-order valence-electron chi connectivity index (χ4n) is 4.60. The normalized spacial score (nSPS) is 12.7. The first kappa shape index (κ1) is 14.0. The smallest absolute Gasteiger partial charge is 0.0750 e. The van der Waals surface area contributed by atoms with E-state index in [0.29, 0.717) is 0 Å². The van der Waals surface area contributed by atoms with Gasteiger partial charge in [0.2, 0.25) is 0 Å². The van der Waals surface area contributed by atoms with Gasteiger partial charge in [-0.3, -0.25) is 0 Å². The number of aryl methyl sites for hydroxylation is 1. The van der Waals surface area contributed by atoms with E-state index in [1.807, 2.05) is 0 Å². The highest BCUT2D eigenvalue weighted by Gasteiger charge is 2.25. The number of nitrogens with zero attached hydrogens (tertiary/aromatic N) is 1. The first-order valence-corrected chi connectivity index (χ1v) is 9.13. The van der Waals surface area contributed by atoms with Gasteiger partial charge in [0, 0.05) is 17.4 Å². The van der Waals surface area contributed by atoms with E-state index in [2.05, 4.69) is 79.7 Å². The van der Waals surface area contributed by atoms with Crippen LogP contribution in [0.1, 0.15) is 16.7 Å². The molecule has 5 aromatic rings. The Morgan fingerprint density at radius 3 is 2.35 bits per heavy atom. The van der Waals surface area contributed by atoms with Gasteiger partial charge in [0.05, 0.1) is 11.2 Å². The molecule has 122 valence electrons. The van der Waals surface area contributed by atoms with Gasteiger partial charge in [-0.1, -0.05) is 66.7 Å². The molecule has 1 aliphatic rings. The van der Waals surface area contributed by atoms with E-state index in [9.17, 15) is 0 Å². The van der Waals surface area contributed by atoms with Crippen LogP contribution in [0, 0.1) is 6.92 Å². The lowest BCUT2D eigenvalue weighted by atomic mass is 9.95. The molecular weight excluding hydrogens is 314 g/mol. The molecule has 1 aliphatic carbocycles. The molecule has 1 nitrogen and oxygen atoms in total. The van der Waals surface area contributed by atoms with Crippen molar-refractivity contribution in [1.82, 2.24) is 4.98 Å². The molecule has 0 saturated heterocycles. The summed E-state index contributed by atoms with van der Waals surface area (Å²) in [5.41, 5.74) is 7.75. The molecule has 0 bridgehead atoms. The van der Waals surface area contributed by atoms with Crippen molar-refractivity contribution in [1.29, 1.82) is 0 Å². The first-order chi connectivity index (χ1) is 12.8. The highest BCUT2D eigenvalue weighted by atomic mass is 14.7. The Morgan fingerprint density at radius 2 is 1.42 bits per heavy atom. The average Bonchev–Trinajstić information content (AvgIpc) is 3.07. The molecule has 0 saturated carbocycles. The Bertz CT molecular complexity index is 1360. The van der Waals surface area contributed by atoms with Crippen LogP contribution in [0.4, 0.5) is 0 Å². The lowest BCUT2D eigenvalue weighted by molar-refractivity contribution is 1.22. The third kappa shape index (κ3) is 1.72. The van der Waals surface area contributed by atoms with Gasteiger partial charge < -0.3 is 0 Å². The van der Waals surface area contributed by atoms with Gasteiger partial charge in [0.25, 0.3) is 0 Å². The Labute approximate surface area is 151 Å². The number of hydrogen-bond donors (Lipinski definition) is 0. The molecule has 1 heteroatoms. The van der Waals surface area contributed by atoms with Crippen molar-refractivity contribution < 1.29 is 0 Å². The Morgan fingerprint density at radius 1 is 0.654 bits per heavy atom. The highest BCUT2D eigenvalue weighted by molar-refractivity contribution is 6.10. The summed E-state index contributed by atoms with van der Waals surface area (Å²) in [6, 6.07) is 26.2. The second-order valence-corrected chi connectivity index (χ2v) is 7.23. The zero-order valence-electron chi connectivity index (χ0n) is 14.6. The summed E-state index contributed by atoms with van der Waals surface area (Å²) < 4.78 is 0. The maximum atomic E-state index is 5.03. The molecular formula is C25H17N. The van der Waals surface area contributed by atoms with E-state index in [-0.39, 0.29) is 0 Å². The van der Waals surface area contributed by atoms with E-state index >= 15 is 0 Å². The summed E-state index contributed by atoms with van der Waals surface area (Å²) in [5.74, 6) is 0. The SMILES string of the molecule is Cc1c2c(nc3ccccc13)-c1ccc3c(ccc4ccccc43)c1C2. The van der Waals surface area contributed by atoms with Gasteiger partial charge in [0.1, 0.15) is 0 Å². The standard InChI is InChI=1S/C25H17N/c1-15-17-7-4-5-9-24(17)26-25-21-13-12-19-18-8-3-2-6-16(18)10-11-20(19)23(21)14-22(15)25/h2-13H,14H2,1H3. The van der Waals surface area contributed by atoms with E-state index in [1.54, 1.807) is 0 Å². The van der Waals surface area contributed by atoms with Crippen LogP contribution in [0.25, 0.3) is 43.7 Å². The molecule has 26 heavy (non-hydrogen) atoms. The highest BCUT2D eigenvalue weighted by Crippen LogP contribution is 2.43. The third-order valence-electron chi connectivity index (χ3n) is 5.93. The third-order valence-corrected chi connectivity index (χ3v) is 5.93. The van der Waals surface area contributed by atoms with Gasteiger partial charge in [-0.25, -0.2) is 4.98 Å². The van der Waals surface area contributed by atoms with Crippen molar-refractivity contribution in [3.05, 3.63) is 89.5 Å². The van der Waals surface area contributed by atoms with Crippen molar-refractivity contribution in [3.63, 3.8) is 0 Å². The average molecular weight is 331 g/mol. The van der Waals surface area contributed by atoms with Gasteiger partial charge in [-0.15, -0.1) is 0 Å². The molecule has 0 unspecified atom stereocenters. The maximum Gasteiger partial charge on any atom is 0.0750 e. The second kappa shape index (κ2) is 4.92. The number of aromatic nitrogens is 1. The molecule has 6 rings (SSSR count). The van der Waals surface area contributed by atoms with Crippen LogP contribution in [0.5, 0.6) is 0 Å². The maximum absolute atomic E-state index is 5.03. The predicted octanol–water partition coefficient (Wildman–Crippen LogP) is 6.42. The zero-order valence-corrected chi connectivity index (χ0v) is 14.6. The van der Waals surface area contributed by atoms with Gasteiger partial charge in [0.15, 0.2) is 0 Å². The summed E-state index contributed by atoms with van der Waals surface area (Å²) in [4.78, 5) is 5.03. The molecule has 0 amide bonds. The molecule has 0 atom stereocenters. The summed E-state index contributed by atoms with van der Waals surface area (Å²) in [6.45, 7) is 2.24. The Kier molecular flexibility index (Phi) is 2.66. The molecule has 0 spiro atoms. The summed E-state index contributed by atoms with van der Waals surface area (Å²) in [6.07, 6.45) is 0.976. The number of pyridine rings is 1. The van der Waals surface area contributed by atoms with Crippen LogP contribution in [0.15, 0.2) is 72.8 Å². The van der Waals surface area contributed by atoms with Crippen LogP contribution in [0.3, 0.4) is 0 Å². The van der Waals surface area contributed by atoms with Crippen molar-refractivity contribution in [2.75, 3.05) is 0 Å². The van der Waals surface area contributed by atoms with Crippen molar-refractivity contribution >= 4 is 32.4 Å². The largest absolute Gasteiger partial charge is 0.247 e. The van der Waals surface area contributed by atoms with Crippen molar-refractivity contribution in [2.45, 2.75) is 13.3 Å². The fourth-order valence-corrected chi connectivity index (χ4v) is 4.60. The number of rotatable bonds is 0. The van der Waals surface area contributed by atoms with E-state index in [1.165, 1.54) is 54.9 Å². The molecule has 1 aromatic heterocycles. The summed E-state index contributed by atoms with van der Waals surface area (Å²) in [5, 5.41) is 6.61. The fraction of sp³-hybridized carbons (Fsp3) is 0.0800. The minimum Gasteiger partial charge on any atom is -0.247 e. The quantitative estimate of drug-likeness (QED) is 0.293. The number of fused-ring (bicyclic) bond motifs is 8. The van der Waals surface area contributed by atoms with E-state index < -0.39 is 0 Å². The molecule has 0 aliphatic heterocycles. The minimum absolute atomic E-state index is 0.976. The van der Waals surface area contributed by atoms with E-state index in [0.717, 1.165) is 11.9 Å². The second-order valence-electron chi connectivity index (χ2n) is 7.23. The van der Waals surface area contributed by atoms with Crippen molar-refractivity contribution in [3.8, 4) is 11.3 Å². The molecule has 0 N–H and O–H groups in total. The minimum atomic E-state index is 0.976. The van der Waals surface area contributed by atoms with Crippen LogP contribution >= 0.6 is 0 Å². The Hall–Kier alpha value is -3.19. The van der Waals surface area contributed by atoms with Crippen LogP contribution < -0.4 is 0 Å².